The van der Waals surface area contributed by atoms with E-state index in [1.54, 1.807) is 0 Å². The molecule has 0 atom stereocenters. The van der Waals surface area contributed by atoms with Crippen LogP contribution < -0.4 is 31.8 Å². The zero-order valence-electron chi connectivity index (χ0n) is 29.8. The summed E-state index contributed by atoms with van der Waals surface area (Å²) in [6.07, 6.45) is 0. The molecule has 0 nitrogen and oxygen atoms in total. The Bertz CT molecular complexity index is 1390. The van der Waals surface area contributed by atoms with E-state index in [0.29, 0.717) is 0 Å². The van der Waals surface area contributed by atoms with E-state index in [0.717, 1.165) is 29.6 Å². The van der Waals surface area contributed by atoms with E-state index in [9.17, 15) is 0 Å². The van der Waals surface area contributed by atoms with Crippen LogP contribution in [0.5, 0.6) is 0 Å². The van der Waals surface area contributed by atoms with Gasteiger partial charge in [0, 0.05) is 0 Å². The molecular formula is C46H50ClP2Ru. The molecule has 1 fully saturated rings. The fourth-order valence-electron chi connectivity index (χ4n) is 6.75. The van der Waals surface area contributed by atoms with Gasteiger partial charge in [-0.25, -0.2) is 0 Å². The van der Waals surface area contributed by atoms with Crippen LogP contribution >= 0.6 is 25.5 Å². The third kappa shape index (κ3) is 11.0. The van der Waals surface area contributed by atoms with Crippen LogP contribution in [-0.2, 0) is 17.3 Å². The molecule has 0 radical (unpaired) electrons. The van der Waals surface area contributed by atoms with Crippen LogP contribution in [0.15, 0.2) is 182 Å². The molecular weight excluding hydrogens is 751 g/mol. The van der Waals surface area contributed by atoms with Crippen molar-refractivity contribution in [3.63, 3.8) is 0 Å². The van der Waals surface area contributed by atoms with Crippen molar-refractivity contribution in [1.82, 2.24) is 0 Å². The van der Waals surface area contributed by atoms with Crippen molar-refractivity contribution in [3.05, 3.63) is 182 Å². The fourth-order valence-corrected chi connectivity index (χ4v) is 11.4. The molecule has 0 N–H and O–H groups in total. The van der Waals surface area contributed by atoms with E-state index in [1.165, 1.54) is 31.8 Å². The molecule has 1 aliphatic carbocycles. The minimum absolute atomic E-state index is 0.446. The van der Waals surface area contributed by atoms with Crippen molar-refractivity contribution in [2.24, 2.45) is 29.6 Å². The molecule has 0 heterocycles. The molecule has 0 bridgehead atoms. The van der Waals surface area contributed by atoms with E-state index >= 15 is 0 Å². The van der Waals surface area contributed by atoms with Gasteiger partial charge < -0.3 is 0 Å². The summed E-state index contributed by atoms with van der Waals surface area (Å²) in [6.45, 7) is 12.0. The molecule has 1 saturated carbocycles. The zero-order chi connectivity index (χ0) is 35.7. The topological polar surface area (TPSA) is 0 Å². The van der Waals surface area contributed by atoms with Crippen molar-refractivity contribution in [2.45, 2.75) is 34.6 Å². The van der Waals surface area contributed by atoms with Gasteiger partial charge in [-0.2, -0.15) is 0 Å². The Hall–Kier alpha value is -2.91. The molecule has 259 valence electrons. The van der Waals surface area contributed by atoms with Crippen LogP contribution in [0.2, 0.25) is 0 Å². The predicted octanol–water partition coefficient (Wildman–Crippen LogP) is 10.8. The first-order valence-electron chi connectivity index (χ1n) is 17.5. The number of hydrogen-bond acceptors (Lipinski definition) is 0. The number of hydrogen-bond donors (Lipinski definition) is 0. The Morgan fingerprint density at radius 1 is 0.280 bits per heavy atom. The smallest absolute Gasteiger partial charge is 0.0134 e. The van der Waals surface area contributed by atoms with Gasteiger partial charge in [0.05, 0.1) is 0 Å². The second-order valence-electron chi connectivity index (χ2n) is 13.0. The summed E-state index contributed by atoms with van der Waals surface area (Å²) in [5.41, 5.74) is 0. The van der Waals surface area contributed by atoms with Gasteiger partial charge in [-0.15, -0.1) is 0 Å². The maximum atomic E-state index is 4.57. The molecule has 6 aromatic carbocycles. The summed E-state index contributed by atoms with van der Waals surface area (Å²) < 4.78 is 0. The standard InChI is InChI=1S/2C18H15P.C10H20.ClH.Ru/c2*1-4-10-16(11-5-1)19(17-12-6-2-7-13-17)18-14-8-3-9-15-18;1-6-7(2)9(4)10(5)8(6)3;;/h2*1-15H;6-10H,1-5H3;1H;/q;;;;+1/p-1. The van der Waals surface area contributed by atoms with Crippen molar-refractivity contribution in [3.8, 4) is 0 Å². The molecule has 7 rings (SSSR count). The molecule has 0 spiro atoms. The molecule has 0 saturated heterocycles. The second-order valence-corrected chi connectivity index (χ2v) is 17.4. The summed E-state index contributed by atoms with van der Waals surface area (Å²) in [5, 5.41) is 8.39. The summed E-state index contributed by atoms with van der Waals surface area (Å²) in [4.78, 5) is 0. The predicted molar refractivity (Wildman–Crippen MR) is 222 cm³/mol. The second kappa shape index (κ2) is 21.5. The summed E-state index contributed by atoms with van der Waals surface area (Å²) in [6, 6.07) is 64.7. The van der Waals surface area contributed by atoms with Crippen LogP contribution in [0.4, 0.5) is 0 Å². The molecule has 0 aromatic heterocycles. The minimum atomic E-state index is -0.446. The third-order valence-corrected chi connectivity index (χ3v) is 15.1. The minimum Gasteiger partial charge on any atom is -0.0622 e. The van der Waals surface area contributed by atoms with Crippen molar-refractivity contribution < 1.29 is 17.3 Å². The summed E-state index contributed by atoms with van der Waals surface area (Å²) >= 11 is 1.82. The average molecular weight is 801 g/mol. The zero-order valence-corrected chi connectivity index (χ0v) is 34.1. The van der Waals surface area contributed by atoms with Gasteiger partial charge in [0.25, 0.3) is 0 Å². The Kier molecular flexibility index (Phi) is 17.1. The van der Waals surface area contributed by atoms with Gasteiger partial charge in [0.15, 0.2) is 0 Å². The van der Waals surface area contributed by atoms with Crippen molar-refractivity contribution in [2.75, 3.05) is 0 Å². The molecule has 0 aliphatic heterocycles. The first-order valence-corrected chi connectivity index (χ1v) is 22.4. The van der Waals surface area contributed by atoms with Crippen LogP contribution in [0.1, 0.15) is 34.6 Å². The van der Waals surface area contributed by atoms with Gasteiger partial charge in [-0.3, -0.25) is 0 Å². The Labute approximate surface area is 319 Å². The summed E-state index contributed by atoms with van der Waals surface area (Å²) in [5.74, 6) is 4.68. The van der Waals surface area contributed by atoms with Gasteiger partial charge in [0.2, 0.25) is 0 Å². The van der Waals surface area contributed by atoms with E-state index < -0.39 is 15.8 Å². The first kappa shape index (κ1) is 39.9. The van der Waals surface area contributed by atoms with E-state index in [1.807, 2.05) is 17.3 Å². The first-order chi connectivity index (χ1) is 24.5. The van der Waals surface area contributed by atoms with Crippen molar-refractivity contribution in [1.29, 1.82) is 0 Å². The number of halogens is 1. The van der Waals surface area contributed by atoms with Crippen LogP contribution in [-0.4, -0.2) is 0 Å². The van der Waals surface area contributed by atoms with Crippen LogP contribution in [0, 0.1) is 29.6 Å². The van der Waals surface area contributed by atoms with Gasteiger partial charge in [-0.1, -0.05) is 217 Å². The van der Waals surface area contributed by atoms with E-state index in [4.69, 9.17) is 0 Å². The van der Waals surface area contributed by atoms with Gasteiger partial charge in [-0.05, 0) is 77.3 Å². The number of benzene rings is 6. The van der Waals surface area contributed by atoms with Crippen molar-refractivity contribution >= 4 is 57.4 Å². The molecule has 50 heavy (non-hydrogen) atoms. The Morgan fingerprint density at radius 3 is 0.520 bits per heavy atom. The maximum absolute atomic E-state index is 4.57. The molecule has 4 heteroatoms. The van der Waals surface area contributed by atoms with Crippen LogP contribution in [0.25, 0.3) is 0 Å². The maximum Gasteiger partial charge on any atom is -0.0134 e. The number of rotatable bonds is 6. The monoisotopic (exact) mass is 801 g/mol. The normalized spacial score (nSPS) is 19.3. The molecule has 6 aromatic rings. The Morgan fingerprint density at radius 2 is 0.400 bits per heavy atom. The van der Waals surface area contributed by atoms with Gasteiger partial charge >= 0.3 is 27.0 Å². The summed E-state index contributed by atoms with van der Waals surface area (Å²) in [7, 11) is 3.68. The largest absolute Gasteiger partial charge is 0.0622 e. The fraction of sp³-hybridized carbons (Fsp3) is 0.217. The Balaban J connectivity index is 0.000000172. The SMILES string of the molecule is CC1C(C)C(C)C(C)C1C.[Cl][Ru].c1ccc(P(c2ccccc2)c2ccccc2)cc1.c1ccc(P(c2ccccc2)c2ccccc2)cc1. The quantitative estimate of drug-likeness (QED) is 0.116. The molecule has 1 aliphatic rings. The van der Waals surface area contributed by atoms with Gasteiger partial charge in [0.1, 0.15) is 0 Å². The van der Waals surface area contributed by atoms with E-state index in [-0.39, 0.29) is 0 Å². The third-order valence-electron chi connectivity index (χ3n) is 10.2. The average Bonchev–Trinajstić information content (AvgIpc) is 3.36. The van der Waals surface area contributed by atoms with E-state index in [2.05, 4.69) is 226 Å². The molecule has 0 amide bonds. The molecule has 0 unspecified atom stereocenters. The van der Waals surface area contributed by atoms with Crippen LogP contribution in [0.3, 0.4) is 0 Å².